The van der Waals surface area contributed by atoms with E-state index in [0.29, 0.717) is 19.3 Å². The van der Waals surface area contributed by atoms with E-state index in [0.717, 1.165) is 30.7 Å². The smallest absolute Gasteiger partial charge is 0.258 e. The second kappa shape index (κ2) is 7.69. The highest BCUT2D eigenvalue weighted by Crippen LogP contribution is 2.37. The van der Waals surface area contributed by atoms with Gasteiger partial charge in [0.25, 0.3) is 5.69 Å². The van der Waals surface area contributed by atoms with Crippen LogP contribution in [0.4, 0.5) is 18.9 Å². The second-order valence-electron chi connectivity index (χ2n) is 6.12. The molecule has 1 N–H and O–H groups in total. The molecule has 0 unspecified atom stereocenters. The van der Waals surface area contributed by atoms with Crippen molar-refractivity contribution in [3.63, 3.8) is 0 Å². The lowest BCUT2D eigenvalue weighted by atomic mass is 9.87. The van der Waals surface area contributed by atoms with E-state index < -0.39 is 33.1 Å². The van der Waals surface area contributed by atoms with Gasteiger partial charge in [-0.3, -0.25) is 10.1 Å². The molecule has 2 atom stereocenters. The fourth-order valence-electron chi connectivity index (χ4n) is 3.03. The van der Waals surface area contributed by atoms with E-state index >= 15 is 0 Å². The number of hydrogen-bond donors (Lipinski definition) is 1. The zero-order valence-corrected chi connectivity index (χ0v) is 14.1. The van der Waals surface area contributed by atoms with Gasteiger partial charge in [0.2, 0.25) is 10.0 Å². The molecule has 0 saturated heterocycles. The van der Waals surface area contributed by atoms with Crippen LogP contribution >= 0.6 is 0 Å². The van der Waals surface area contributed by atoms with Gasteiger partial charge in [-0.05, 0) is 25.0 Å². The van der Waals surface area contributed by atoms with Crippen LogP contribution in [-0.2, 0) is 10.0 Å². The summed E-state index contributed by atoms with van der Waals surface area (Å²) in [4.78, 5) is 9.65. The minimum absolute atomic E-state index is 0.108. The Labute approximate surface area is 143 Å². The Morgan fingerprint density at radius 1 is 1.04 bits per heavy atom. The number of nitro groups is 1. The molecule has 2 rings (SSSR count). The van der Waals surface area contributed by atoms with Crippen LogP contribution in [0.2, 0.25) is 0 Å². The van der Waals surface area contributed by atoms with E-state index in [4.69, 9.17) is 0 Å². The number of alkyl halides is 3. The highest BCUT2D eigenvalue weighted by Gasteiger charge is 2.45. The first-order valence-corrected chi connectivity index (χ1v) is 9.43. The molecule has 1 saturated carbocycles. The molecule has 0 amide bonds. The average molecular weight is 380 g/mol. The summed E-state index contributed by atoms with van der Waals surface area (Å²) in [5.41, 5.74) is -0.293. The minimum atomic E-state index is -4.49. The van der Waals surface area contributed by atoms with Gasteiger partial charge >= 0.3 is 6.18 Å². The molecule has 1 aliphatic rings. The van der Waals surface area contributed by atoms with E-state index in [2.05, 4.69) is 4.72 Å². The van der Waals surface area contributed by atoms with Crippen LogP contribution in [0, 0.1) is 16.0 Å². The van der Waals surface area contributed by atoms with Crippen LogP contribution in [-0.4, -0.2) is 25.6 Å². The molecule has 0 aromatic heterocycles. The van der Waals surface area contributed by atoms with E-state index in [1.807, 2.05) is 0 Å². The highest BCUT2D eigenvalue weighted by atomic mass is 32.2. The molecule has 6 nitrogen and oxygen atoms in total. The molecule has 0 spiro atoms. The van der Waals surface area contributed by atoms with Crippen molar-refractivity contribution >= 4 is 15.7 Å². The molecule has 0 radical (unpaired) electrons. The lowest BCUT2D eigenvalue weighted by Gasteiger charge is -2.31. The van der Waals surface area contributed by atoms with Crippen LogP contribution in [0.3, 0.4) is 0 Å². The van der Waals surface area contributed by atoms with Crippen molar-refractivity contribution in [1.29, 1.82) is 0 Å². The van der Waals surface area contributed by atoms with Crippen LogP contribution in [0.25, 0.3) is 0 Å². The van der Waals surface area contributed by atoms with Crippen LogP contribution < -0.4 is 4.72 Å². The number of nitrogens with one attached hydrogen (secondary N) is 1. The number of sulfonamides is 1. The summed E-state index contributed by atoms with van der Waals surface area (Å²) < 4.78 is 66.9. The topological polar surface area (TPSA) is 89.3 Å². The summed E-state index contributed by atoms with van der Waals surface area (Å²) in [6.45, 7) is 0. The van der Waals surface area contributed by atoms with Crippen molar-refractivity contribution in [2.45, 2.75) is 55.6 Å². The van der Waals surface area contributed by atoms with Crippen LogP contribution in [0.1, 0.15) is 38.5 Å². The maximum absolute atomic E-state index is 13.3. The van der Waals surface area contributed by atoms with Crippen molar-refractivity contribution in [3.8, 4) is 0 Å². The van der Waals surface area contributed by atoms with Crippen molar-refractivity contribution in [2.24, 2.45) is 5.92 Å². The molecule has 1 aliphatic carbocycles. The SMILES string of the molecule is O=[N+]([O-])c1ccc(S(=O)(=O)N[C@H]2CCCCCC[C@@H]2C(F)(F)F)cc1. The monoisotopic (exact) mass is 380 g/mol. The van der Waals surface area contributed by atoms with E-state index in [1.54, 1.807) is 0 Å². The molecule has 0 bridgehead atoms. The molecule has 1 fully saturated rings. The third-order valence-electron chi connectivity index (χ3n) is 4.35. The van der Waals surface area contributed by atoms with Gasteiger partial charge in [-0.25, -0.2) is 13.1 Å². The number of benzene rings is 1. The van der Waals surface area contributed by atoms with Gasteiger partial charge in [-0.1, -0.05) is 25.7 Å². The molecule has 1 aromatic rings. The number of rotatable bonds is 4. The fraction of sp³-hybridized carbons (Fsp3) is 0.600. The molecule has 10 heteroatoms. The molecule has 1 aromatic carbocycles. The van der Waals surface area contributed by atoms with Crippen molar-refractivity contribution in [2.75, 3.05) is 0 Å². The molecular weight excluding hydrogens is 361 g/mol. The molecular formula is C15H19F3N2O4S. The Morgan fingerprint density at radius 2 is 1.60 bits per heavy atom. The predicted molar refractivity (Wildman–Crippen MR) is 84.5 cm³/mol. The van der Waals surface area contributed by atoms with Crippen molar-refractivity contribution < 1.29 is 26.5 Å². The van der Waals surface area contributed by atoms with Gasteiger partial charge in [-0.15, -0.1) is 0 Å². The summed E-state index contributed by atoms with van der Waals surface area (Å²) in [7, 11) is -4.20. The summed E-state index contributed by atoms with van der Waals surface area (Å²) in [5, 5.41) is 10.6. The first-order valence-electron chi connectivity index (χ1n) is 7.95. The average Bonchev–Trinajstić information content (AvgIpc) is 2.48. The van der Waals surface area contributed by atoms with Crippen LogP contribution in [0.15, 0.2) is 29.2 Å². The first kappa shape index (κ1) is 19.6. The Hall–Kier alpha value is -1.68. The number of nitro benzene ring substituents is 1. The Bertz CT molecular complexity index is 704. The lowest BCUT2D eigenvalue weighted by Crippen LogP contribution is -2.46. The largest absolute Gasteiger partial charge is 0.393 e. The Morgan fingerprint density at radius 3 is 2.12 bits per heavy atom. The van der Waals surface area contributed by atoms with E-state index in [1.165, 1.54) is 0 Å². The summed E-state index contributed by atoms with van der Waals surface area (Å²) in [5.74, 6) is -1.74. The third-order valence-corrected chi connectivity index (χ3v) is 5.86. The normalized spacial score (nSPS) is 22.8. The van der Waals surface area contributed by atoms with Crippen molar-refractivity contribution in [3.05, 3.63) is 34.4 Å². The standard InChI is InChI=1S/C15H19F3N2O4S/c16-15(17,18)13-5-3-1-2-4-6-14(13)19-25(23,24)12-9-7-11(8-10-12)20(21)22/h7-10,13-14,19H,1-6H2/t13-,14-/m0/s1. The minimum Gasteiger partial charge on any atom is -0.258 e. The number of non-ortho nitro benzene ring substituents is 1. The van der Waals surface area contributed by atoms with Crippen molar-refractivity contribution in [1.82, 2.24) is 4.72 Å². The quantitative estimate of drug-likeness (QED) is 0.636. The first-order chi connectivity index (χ1) is 11.6. The van der Waals surface area contributed by atoms with Gasteiger partial charge in [-0.2, -0.15) is 13.2 Å². The maximum atomic E-state index is 13.3. The van der Waals surface area contributed by atoms with Gasteiger partial charge in [0.15, 0.2) is 0 Å². The second-order valence-corrected chi connectivity index (χ2v) is 7.83. The van der Waals surface area contributed by atoms with Gasteiger partial charge in [0, 0.05) is 18.2 Å². The zero-order valence-electron chi connectivity index (χ0n) is 13.3. The maximum Gasteiger partial charge on any atom is 0.393 e. The van der Waals surface area contributed by atoms with Gasteiger partial charge in [0.1, 0.15) is 0 Å². The predicted octanol–water partition coefficient (Wildman–Crippen LogP) is 3.77. The number of hydrogen-bond acceptors (Lipinski definition) is 4. The Balaban J connectivity index is 2.24. The third kappa shape index (κ3) is 5.15. The fourth-order valence-corrected chi connectivity index (χ4v) is 4.34. The summed E-state index contributed by atoms with van der Waals surface area (Å²) in [6.07, 6.45) is -2.11. The molecule has 0 aliphatic heterocycles. The van der Waals surface area contributed by atoms with E-state index in [-0.39, 0.29) is 23.4 Å². The summed E-state index contributed by atoms with van der Waals surface area (Å²) in [6, 6.07) is 2.82. The van der Waals surface area contributed by atoms with Gasteiger partial charge < -0.3 is 0 Å². The van der Waals surface area contributed by atoms with Gasteiger partial charge in [0.05, 0.1) is 15.7 Å². The summed E-state index contributed by atoms with van der Waals surface area (Å²) >= 11 is 0. The highest BCUT2D eigenvalue weighted by molar-refractivity contribution is 7.89. The zero-order chi connectivity index (χ0) is 18.7. The molecule has 140 valence electrons. The molecule has 0 heterocycles. The lowest BCUT2D eigenvalue weighted by molar-refractivity contribution is -0.384. The Kier molecular flexibility index (Phi) is 6.04. The molecule has 25 heavy (non-hydrogen) atoms. The van der Waals surface area contributed by atoms with E-state index in [9.17, 15) is 31.7 Å². The number of nitrogens with zero attached hydrogens (tertiary/aromatic N) is 1. The number of halogens is 3. The van der Waals surface area contributed by atoms with Crippen LogP contribution in [0.5, 0.6) is 0 Å².